The number of aliphatic hydroxyl groups excluding tert-OH is 2. The first kappa shape index (κ1) is 67.1. The maximum atomic E-state index is 12.3. The summed E-state index contributed by atoms with van der Waals surface area (Å²) in [5.74, 6) is -3.29. The zero-order valence-corrected chi connectivity index (χ0v) is 50.1. The van der Waals surface area contributed by atoms with E-state index in [0.717, 1.165) is 44.5 Å². The van der Waals surface area contributed by atoms with Gasteiger partial charge in [0.1, 0.15) is 35.6 Å². The number of amides is 3. The quantitative estimate of drug-likeness (QED) is 0.0383. The van der Waals surface area contributed by atoms with Crippen LogP contribution in [-0.4, -0.2) is 99.3 Å². The third kappa shape index (κ3) is 19.0. The molecule has 5 aromatic rings. The summed E-state index contributed by atoms with van der Waals surface area (Å²) >= 11 is 4.63. The summed E-state index contributed by atoms with van der Waals surface area (Å²) < 4.78 is 63.1. The summed E-state index contributed by atoms with van der Waals surface area (Å²) in [6.07, 6.45) is -5.58. The Morgan fingerprint density at radius 2 is 0.826 bits per heavy atom. The van der Waals surface area contributed by atoms with E-state index < -0.39 is 65.8 Å². The van der Waals surface area contributed by atoms with E-state index in [-0.39, 0.29) is 54.7 Å². The highest BCUT2D eigenvalue weighted by atomic mass is 32.1. The van der Waals surface area contributed by atoms with Crippen LogP contribution in [0.15, 0.2) is 126 Å². The van der Waals surface area contributed by atoms with Gasteiger partial charge in [-0.3, -0.25) is 19.2 Å². The minimum Gasteiger partial charge on any atom is -0.460 e. The van der Waals surface area contributed by atoms with Crippen LogP contribution in [0.1, 0.15) is 148 Å². The Morgan fingerprint density at radius 3 is 1.23 bits per heavy atom. The summed E-state index contributed by atoms with van der Waals surface area (Å²) in [5.41, 5.74) is 14.5. The molecule has 0 spiro atoms. The van der Waals surface area contributed by atoms with Crippen molar-refractivity contribution in [1.82, 2.24) is 16.0 Å². The number of carbonyl (C=O) groups is 6. The van der Waals surface area contributed by atoms with Gasteiger partial charge in [0.15, 0.2) is 0 Å². The molecule has 5 aromatic carbocycles. The number of benzene rings is 5. The molecule has 3 amide bonds. The molecule has 0 radical (unpaired) electrons. The van der Waals surface area contributed by atoms with Crippen molar-refractivity contribution in [2.24, 2.45) is 10.7 Å². The third-order valence-corrected chi connectivity index (χ3v) is 14.1. The second kappa shape index (κ2) is 29.4. The molecule has 5 aliphatic carbocycles. The van der Waals surface area contributed by atoms with Gasteiger partial charge in [0.05, 0.1) is 41.5 Å². The Balaban J connectivity index is 0.000000174. The fourth-order valence-electron chi connectivity index (χ4n) is 10.6. The number of nitrogens with zero attached hydrogens (tertiary/aromatic N) is 1. The smallest absolute Gasteiger partial charge is 0.460 e. The monoisotopic (exact) mass is 1210 g/mol. The number of rotatable bonds is 7. The molecule has 460 valence electrons. The zero-order chi connectivity index (χ0) is 63.3. The van der Waals surface area contributed by atoms with Gasteiger partial charge in [-0.25, -0.2) is 14.6 Å². The maximum Gasteiger partial charge on any atom is 0.471 e. The second-order valence-corrected chi connectivity index (χ2v) is 23.2. The molecule has 10 atom stereocenters. The first-order chi connectivity index (χ1) is 40.4. The number of aliphatic hydroxyl groups is 2. The molecular formula is C64H74F3N5O13S. The molecule has 0 heterocycles. The van der Waals surface area contributed by atoms with Crippen molar-refractivity contribution in [3.63, 3.8) is 0 Å². The van der Waals surface area contributed by atoms with Gasteiger partial charge in [-0.2, -0.15) is 13.2 Å². The van der Waals surface area contributed by atoms with Gasteiger partial charge in [-0.05, 0) is 109 Å². The van der Waals surface area contributed by atoms with Gasteiger partial charge in [0.25, 0.3) is 0 Å². The van der Waals surface area contributed by atoms with Crippen molar-refractivity contribution in [3.05, 3.63) is 177 Å². The number of fused-ring (bicyclic) bond motifs is 5. The average Bonchev–Trinajstić information content (AvgIpc) is 2.35. The van der Waals surface area contributed by atoms with Crippen molar-refractivity contribution in [3.8, 4) is 0 Å². The summed E-state index contributed by atoms with van der Waals surface area (Å²) in [5, 5.41) is 29.2. The molecule has 0 fully saturated rings. The summed E-state index contributed by atoms with van der Waals surface area (Å²) in [7, 11) is 0. The second-order valence-electron chi connectivity index (χ2n) is 23.0. The van der Waals surface area contributed by atoms with E-state index >= 15 is 0 Å². The van der Waals surface area contributed by atoms with Crippen LogP contribution in [0.4, 0.5) is 22.8 Å². The Morgan fingerprint density at radius 1 is 0.500 bits per heavy atom. The van der Waals surface area contributed by atoms with Crippen LogP contribution in [0.25, 0.3) is 0 Å². The molecule has 86 heavy (non-hydrogen) atoms. The van der Waals surface area contributed by atoms with E-state index in [1.807, 2.05) is 123 Å². The fourth-order valence-corrected chi connectivity index (χ4v) is 10.7. The fraction of sp³-hybridized carbons (Fsp3) is 0.422. The molecule has 0 saturated carbocycles. The van der Waals surface area contributed by atoms with E-state index in [2.05, 4.69) is 33.0 Å². The number of alkyl halides is 3. The van der Waals surface area contributed by atoms with Crippen LogP contribution in [0.3, 0.4) is 0 Å². The normalized spacial score (nSPS) is 22.4. The van der Waals surface area contributed by atoms with Crippen molar-refractivity contribution in [2.45, 2.75) is 173 Å². The number of halogens is 3. The number of hydrogen-bond donors (Lipinski definition) is 6. The molecule has 18 nitrogen and oxygen atoms in total. The molecule has 10 rings (SSSR count). The molecule has 0 saturated heterocycles. The van der Waals surface area contributed by atoms with Gasteiger partial charge in [-0.15, -0.1) is 0 Å². The number of hydrogen-bond acceptors (Lipinski definition) is 16. The van der Waals surface area contributed by atoms with Crippen LogP contribution in [0, 0.1) is 0 Å². The lowest BCUT2D eigenvalue weighted by molar-refractivity contribution is -0.175. The number of alkyl carbamates (subject to hydrolysis) is 2. The summed E-state index contributed by atoms with van der Waals surface area (Å²) in [6.45, 7) is 14.8. The topological polar surface area (TPSA) is 263 Å². The Labute approximate surface area is 503 Å². The lowest BCUT2D eigenvalue weighted by Gasteiger charge is -2.25. The predicted molar refractivity (Wildman–Crippen MR) is 315 cm³/mol. The van der Waals surface area contributed by atoms with Gasteiger partial charge in [0, 0.05) is 52.9 Å². The number of ether oxygens (including phenoxy) is 5. The SMILES string of the molecule is CC(=O)OC1Cc2ccccc2C1N=C=S.CC(=O)OC1Cc2ccccc2C1NC(=O)C(F)(F)F.CC(=O)OC1Cc2ccccc2C1NC(=O)OC(C)(C)C.CC(C)(C)OC(=O)NC1c2ccccc2CC1O.NC1c2ccccc2CC1O. The van der Waals surface area contributed by atoms with Crippen molar-refractivity contribution >= 4 is 53.4 Å². The minimum atomic E-state index is -4.97. The van der Waals surface area contributed by atoms with E-state index in [1.54, 1.807) is 45.0 Å². The number of nitrogens with one attached hydrogen (secondary N) is 3. The first-order valence-corrected chi connectivity index (χ1v) is 28.3. The highest BCUT2D eigenvalue weighted by molar-refractivity contribution is 7.78. The number of carbonyl (C=O) groups excluding carboxylic acids is 6. The minimum absolute atomic E-state index is 0.175. The molecule has 10 unspecified atom stereocenters. The highest BCUT2D eigenvalue weighted by Gasteiger charge is 2.44. The number of isothiocyanates is 1. The van der Waals surface area contributed by atoms with E-state index in [1.165, 1.54) is 26.3 Å². The molecule has 0 bridgehead atoms. The molecule has 0 aromatic heterocycles. The van der Waals surface area contributed by atoms with Crippen LogP contribution in [0.2, 0.25) is 0 Å². The molecule has 22 heteroatoms. The van der Waals surface area contributed by atoms with Crippen LogP contribution >= 0.6 is 12.2 Å². The summed E-state index contributed by atoms with van der Waals surface area (Å²) in [4.78, 5) is 72.1. The van der Waals surface area contributed by atoms with Crippen LogP contribution in [0.5, 0.6) is 0 Å². The molecular weight excluding hydrogens is 1140 g/mol. The van der Waals surface area contributed by atoms with Gasteiger partial charge >= 0.3 is 42.2 Å². The van der Waals surface area contributed by atoms with E-state index in [4.69, 9.17) is 29.4 Å². The van der Waals surface area contributed by atoms with Crippen LogP contribution < -0.4 is 21.7 Å². The molecule has 0 aliphatic heterocycles. The van der Waals surface area contributed by atoms with Gasteiger partial charge < -0.3 is 55.6 Å². The number of nitrogens with two attached hydrogens (primary N) is 1. The van der Waals surface area contributed by atoms with E-state index in [9.17, 15) is 52.2 Å². The molecule has 5 aliphatic rings. The highest BCUT2D eigenvalue weighted by Crippen LogP contribution is 2.38. The lowest BCUT2D eigenvalue weighted by atomic mass is 10.1. The summed E-state index contributed by atoms with van der Waals surface area (Å²) in [6, 6.07) is 35.9. The first-order valence-electron chi connectivity index (χ1n) is 27.9. The van der Waals surface area contributed by atoms with Gasteiger partial charge in [-0.1, -0.05) is 121 Å². The van der Waals surface area contributed by atoms with Crippen molar-refractivity contribution < 1.29 is 75.8 Å². The predicted octanol–water partition coefficient (Wildman–Crippen LogP) is 9.73. The average molecular weight is 1210 g/mol. The van der Waals surface area contributed by atoms with Crippen LogP contribution in [-0.2, 0) is 75.0 Å². The molecule has 7 N–H and O–H groups in total. The van der Waals surface area contributed by atoms with Crippen molar-refractivity contribution in [2.75, 3.05) is 0 Å². The Bertz CT molecular complexity index is 3270. The van der Waals surface area contributed by atoms with E-state index in [0.29, 0.717) is 31.2 Å². The lowest BCUT2D eigenvalue weighted by Crippen LogP contribution is -2.42. The van der Waals surface area contributed by atoms with Crippen molar-refractivity contribution in [1.29, 1.82) is 0 Å². The largest absolute Gasteiger partial charge is 0.471 e. The standard InChI is InChI=1S/C16H21NO4.C14H19NO3.C13H12F3NO3.C12H11NO2S.C9H11NO/c1-10(18)20-13-9-11-7-5-6-8-12(11)14(13)17-15(19)21-16(2,3)4;1-14(2,3)18-13(17)15-12-10-7-5-4-6-9(10)8-11(12)16;1-7(18)20-10-6-8-4-2-3-5-9(8)11(10)17-12(19)13(14,15)16;1-8(14)15-11-6-9-4-2-3-5-10(9)12(11)13-7-16;10-9-7-4-2-1-3-6(7)5-8(9)11/h5-8,13-14H,9H2,1-4H3,(H,17,19);4-7,11-12,16H,8H2,1-3H3,(H,15,17);2-5,10-11H,6H2,1H3,(H,17,19);2-5,11-12H,6H2,1H3;1-4,8-9,11H,5,10H2. The number of esters is 3. The Kier molecular flexibility index (Phi) is 22.9. The number of thiocarbonyl (C=S) groups is 1. The number of aliphatic imine (C=N–C) groups is 1. The zero-order valence-electron chi connectivity index (χ0n) is 49.3. The maximum absolute atomic E-state index is 12.3. The third-order valence-electron chi connectivity index (χ3n) is 14.0. The Hall–Kier alpha value is -8.01. The van der Waals surface area contributed by atoms with Gasteiger partial charge in [0.2, 0.25) is 0 Å².